The molecule has 4 rings (SSSR count). The number of hydrogen-bond acceptors (Lipinski definition) is 3. The molecule has 5 nitrogen and oxygen atoms in total. The highest BCUT2D eigenvalue weighted by Crippen LogP contribution is 2.30. The lowest BCUT2D eigenvalue weighted by molar-refractivity contribution is 0.122. The monoisotopic (exact) mass is 335 g/mol. The third kappa shape index (κ3) is 3.48. The highest BCUT2D eigenvalue weighted by Gasteiger charge is 2.36. The van der Waals surface area contributed by atoms with Crippen LogP contribution in [0.25, 0.3) is 0 Å². The maximum atomic E-state index is 13.6. The maximum Gasteiger partial charge on any atom is 0.319 e. The number of amides is 2. The summed E-state index contributed by atoms with van der Waals surface area (Å²) in [7, 11) is 5.09. The van der Waals surface area contributed by atoms with Crippen molar-refractivity contribution >= 4 is 6.03 Å². The predicted molar refractivity (Wildman–Crippen MR) is 90.5 cm³/mol. The number of rotatable bonds is 3. The van der Waals surface area contributed by atoms with Gasteiger partial charge in [-0.05, 0) is 36.5 Å². The third-order valence-corrected chi connectivity index (χ3v) is 5.08. The third-order valence-electron chi connectivity index (χ3n) is 5.08. The summed E-state index contributed by atoms with van der Waals surface area (Å²) < 4.78 is 18.7. The SMILES string of the molecule is COc1cc(CN2C[C@H]3CC[C@@H]2CN(C(=O)N(C)C)C3)ccc1F. The Morgan fingerprint density at radius 1 is 1.29 bits per heavy atom. The van der Waals surface area contributed by atoms with Crippen molar-refractivity contribution in [2.24, 2.45) is 5.92 Å². The topological polar surface area (TPSA) is 36.0 Å². The molecule has 1 aromatic rings. The van der Waals surface area contributed by atoms with Crippen LogP contribution >= 0.6 is 0 Å². The second kappa shape index (κ2) is 6.97. The number of benzene rings is 1. The van der Waals surface area contributed by atoms with Crippen LogP contribution in [-0.2, 0) is 6.54 Å². The Bertz CT molecular complexity index is 608. The average Bonchev–Trinajstić information content (AvgIpc) is 2.87. The smallest absolute Gasteiger partial charge is 0.319 e. The maximum absolute atomic E-state index is 13.6. The first kappa shape index (κ1) is 17.0. The van der Waals surface area contributed by atoms with Gasteiger partial charge in [-0.2, -0.15) is 0 Å². The molecule has 3 fully saturated rings. The first-order chi connectivity index (χ1) is 11.5. The molecule has 0 saturated carbocycles. The summed E-state index contributed by atoms with van der Waals surface area (Å²) >= 11 is 0. The molecule has 0 aliphatic carbocycles. The molecule has 132 valence electrons. The number of carbonyl (C=O) groups excluding carboxylic acids is 1. The predicted octanol–water partition coefficient (Wildman–Crippen LogP) is 2.41. The molecule has 3 aliphatic rings. The molecule has 1 aromatic carbocycles. The number of piperidine rings is 1. The molecule has 0 spiro atoms. The van der Waals surface area contributed by atoms with Crippen LogP contribution in [0.2, 0.25) is 0 Å². The lowest BCUT2D eigenvalue weighted by atomic mass is 9.94. The average molecular weight is 335 g/mol. The molecule has 24 heavy (non-hydrogen) atoms. The fraction of sp³-hybridized carbons (Fsp3) is 0.611. The fourth-order valence-corrected chi connectivity index (χ4v) is 3.85. The Balaban J connectivity index is 1.73. The largest absolute Gasteiger partial charge is 0.494 e. The van der Waals surface area contributed by atoms with Gasteiger partial charge < -0.3 is 14.5 Å². The van der Waals surface area contributed by atoms with E-state index in [1.165, 1.54) is 19.6 Å². The number of halogens is 1. The Kier molecular flexibility index (Phi) is 4.94. The minimum atomic E-state index is -0.332. The van der Waals surface area contributed by atoms with Crippen LogP contribution in [0.3, 0.4) is 0 Å². The first-order valence-electron chi connectivity index (χ1n) is 8.50. The number of methoxy groups -OCH3 is 1. The van der Waals surface area contributed by atoms with E-state index in [2.05, 4.69) is 4.90 Å². The highest BCUT2D eigenvalue weighted by molar-refractivity contribution is 5.74. The molecular weight excluding hydrogens is 309 g/mol. The van der Waals surface area contributed by atoms with E-state index < -0.39 is 0 Å². The lowest BCUT2D eigenvalue weighted by Gasteiger charge is -2.36. The van der Waals surface area contributed by atoms with Gasteiger partial charge in [0.25, 0.3) is 0 Å². The molecule has 0 radical (unpaired) electrons. The van der Waals surface area contributed by atoms with E-state index in [4.69, 9.17) is 4.74 Å². The van der Waals surface area contributed by atoms with Crippen molar-refractivity contribution in [1.82, 2.24) is 14.7 Å². The van der Waals surface area contributed by atoms with E-state index in [0.717, 1.165) is 38.2 Å². The van der Waals surface area contributed by atoms with E-state index in [1.807, 2.05) is 11.0 Å². The molecule has 2 bridgehead atoms. The van der Waals surface area contributed by atoms with E-state index in [9.17, 15) is 9.18 Å². The van der Waals surface area contributed by atoms with E-state index in [-0.39, 0.29) is 17.6 Å². The number of fused-ring (bicyclic) bond motifs is 4. The molecule has 6 heteroatoms. The molecule has 2 amide bonds. The van der Waals surface area contributed by atoms with Crippen molar-refractivity contribution in [3.63, 3.8) is 0 Å². The molecule has 3 saturated heterocycles. The van der Waals surface area contributed by atoms with Gasteiger partial charge in [-0.3, -0.25) is 4.90 Å². The van der Waals surface area contributed by atoms with E-state index in [1.54, 1.807) is 25.1 Å². The fourth-order valence-electron chi connectivity index (χ4n) is 3.85. The number of nitrogens with zero attached hydrogens (tertiary/aromatic N) is 3. The van der Waals surface area contributed by atoms with Crippen LogP contribution in [-0.4, -0.2) is 67.6 Å². The minimum absolute atomic E-state index is 0.0946. The van der Waals surface area contributed by atoms with Gasteiger partial charge in [0.15, 0.2) is 11.6 Å². The summed E-state index contributed by atoms with van der Waals surface area (Å²) in [6, 6.07) is 5.52. The Labute approximate surface area is 143 Å². The molecule has 0 N–H and O–H groups in total. The van der Waals surface area contributed by atoms with Gasteiger partial charge in [-0.1, -0.05) is 6.07 Å². The van der Waals surface area contributed by atoms with Crippen LogP contribution in [0.15, 0.2) is 18.2 Å². The van der Waals surface area contributed by atoms with Gasteiger partial charge >= 0.3 is 6.03 Å². The van der Waals surface area contributed by atoms with Gasteiger partial charge in [0, 0.05) is 46.3 Å². The summed E-state index contributed by atoms with van der Waals surface area (Å²) in [4.78, 5) is 18.4. The number of hydrogen-bond donors (Lipinski definition) is 0. The summed E-state index contributed by atoms with van der Waals surface area (Å²) in [5, 5.41) is 0. The van der Waals surface area contributed by atoms with Crippen LogP contribution in [0.5, 0.6) is 5.75 Å². The zero-order valence-electron chi connectivity index (χ0n) is 14.7. The van der Waals surface area contributed by atoms with Crippen molar-refractivity contribution in [3.05, 3.63) is 29.6 Å². The Morgan fingerprint density at radius 2 is 2.08 bits per heavy atom. The molecule has 3 heterocycles. The Hall–Kier alpha value is -1.82. The van der Waals surface area contributed by atoms with Crippen LogP contribution in [0.4, 0.5) is 9.18 Å². The van der Waals surface area contributed by atoms with Crippen LogP contribution < -0.4 is 4.74 Å². The molecule has 0 aromatic heterocycles. The van der Waals surface area contributed by atoms with Gasteiger partial charge in [0.05, 0.1) is 7.11 Å². The zero-order chi connectivity index (χ0) is 17.3. The van der Waals surface area contributed by atoms with Crippen molar-refractivity contribution in [2.45, 2.75) is 25.4 Å². The van der Waals surface area contributed by atoms with Crippen LogP contribution in [0.1, 0.15) is 18.4 Å². The van der Waals surface area contributed by atoms with E-state index in [0.29, 0.717) is 12.0 Å². The van der Waals surface area contributed by atoms with Gasteiger partial charge in [-0.25, -0.2) is 9.18 Å². The summed E-state index contributed by atoms with van der Waals surface area (Å²) in [5.74, 6) is 0.466. The summed E-state index contributed by atoms with van der Waals surface area (Å²) in [6.45, 7) is 3.35. The molecule has 2 atom stereocenters. The molecule has 0 unspecified atom stereocenters. The van der Waals surface area contributed by atoms with Crippen molar-refractivity contribution in [1.29, 1.82) is 0 Å². The van der Waals surface area contributed by atoms with Gasteiger partial charge in [-0.15, -0.1) is 0 Å². The summed E-state index contributed by atoms with van der Waals surface area (Å²) in [5.41, 5.74) is 1.05. The van der Waals surface area contributed by atoms with Gasteiger partial charge in [0.1, 0.15) is 0 Å². The minimum Gasteiger partial charge on any atom is -0.494 e. The first-order valence-corrected chi connectivity index (χ1v) is 8.50. The molecular formula is C18H26FN3O2. The second-order valence-electron chi connectivity index (χ2n) is 7.08. The highest BCUT2D eigenvalue weighted by atomic mass is 19.1. The Morgan fingerprint density at radius 3 is 2.79 bits per heavy atom. The quantitative estimate of drug-likeness (QED) is 0.851. The number of urea groups is 1. The number of carbonyl (C=O) groups is 1. The van der Waals surface area contributed by atoms with E-state index >= 15 is 0 Å². The van der Waals surface area contributed by atoms with Crippen LogP contribution in [0, 0.1) is 11.7 Å². The molecule has 3 aliphatic heterocycles. The lowest BCUT2D eigenvalue weighted by Crippen LogP contribution is -2.45. The second-order valence-corrected chi connectivity index (χ2v) is 7.08. The normalized spacial score (nSPS) is 23.9. The number of ether oxygens (including phenoxy) is 1. The van der Waals surface area contributed by atoms with Crippen molar-refractivity contribution < 1.29 is 13.9 Å². The standard InChI is InChI=1S/C18H26FN3O2/c1-20(2)18(23)22-11-14-4-6-15(12-22)21(10-14)9-13-5-7-16(19)17(8-13)24-3/h5,7-8,14-15H,4,6,9-12H2,1-3H3/t14-,15-/m1/s1. The zero-order valence-corrected chi connectivity index (χ0v) is 14.7. The summed E-state index contributed by atoms with van der Waals surface area (Å²) in [6.07, 6.45) is 2.28. The van der Waals surface area contributed by atoms with Crippen molar-refractivity contribution in [2.75, 3.05) is 40.8 Å². The van der Waals surface area contributed by atoms with Crippen molar-refractivity contribution in [3.8, 4) is 5.75 Å². The van der Waals surface area contributed by atoms with Gasteiger partial charge in [0.2, 0.25) is 0 Å².